The van der Waals surface area contributed by atoms with Gasteiger partial charge in [-0.3, -0.25) is 9.59 Å². The fourth-order valence-corrected chi connectivity index (χ4v) is 3.13. The zero-order valence-corrected chi connectivity index (χ0v) is 15.3. The van der Waals surface area contributed by atoms with Gasteiger partial charge in [0, 0.05) is 37.3 Å². The van der Waals surface area contributed by atoms with Gasteiger partial charge >= 0.3 is 0 Å². The van der Waals surface area contributed by atoms with Crippen LogP contribution in [0, 0.1) is 5.92 Å². The van der Waals surface area contributed by atoms with Crippen LogP contribution >= 0.6 is 11.6 Å². The summed E-state index contributed by atoms with van der Waals surface area (Å²) in [6.45, 7) is 1.40. The number of hydrogen-bond acceptors (Lipinski definition) is 3. The smallest absolute Gasteiger partial charge is 0.227 e. The van der Waals surface area contributed by atoms with Crippen LogP contribution in [0.3, 0.4) is 0 Å². The number of nitrogens with zero attached hydrogens (tertiary/aromatic N) is 1. The summed E-state index contributed by atoms with van der Waals surface area (Å²) in [5.74, 6) is -0.488. The summed E-state index contributed by atoms with van der Waals surface area (Å²) < 4.78 is 5.08. The Labute approximate surface area is 157 Å². The third kappa shape index (κ3) is 4.42. The first kappa shape index (κ1) is 18.4. The van der Waals surface area contributed by atoms with Gasteiger partial charge in [-0.05, 0) is 35.4 Å². The van der Waals surface area contributed by atoms with Crippen LogP contribution in [0.25, 0.3) is 0 Å². The maximum absolute atomic E-state index is 12.4. The predicted octanol–water partition coefficient (Wildman–Crippen LogP) is 3.16. The fraction of sp³-hybridized carbons (Fsp3) is 0.300. The highest BCUT2D eigenvalue weighted by Gasteiger charge is 2.34. The van der Waals surface area contributed by atoms with Crippen molar-refractivity contribution in [3.05, 3.63) is 64.7 Å². The van der Waals surface area contributed by atoms with Gasteiger partial charge in [-0.15, -0.1) is 0 Å². The molecule has 1 aliphatic heterocycles. The Morgan fingerprint density at radius 2 is 1.81 bits per heavy atom. The number of carbonyl (C=O) groups excluding carboxylic acids is 2. The van der Waals surface area contributed by atoms with Crippen molar-refractivity contribution in [2.75, 3.05) is 18.6 Å². The number of benzene rings is 2. The molecule has 1 N–H and O–H groups in total. The second kappa shape index (κ2) is 8.34. The Morgan fingerprint density at radius 1 is 1.15 bits per heavy atom. The normalized spacial score (nSPS) is 16.8. The largest absolute Gasteiger partial charge is 0.380 e. The van der Waals surface area contributed by atoms with Crippen molar-refractivity contribution in [1.82, 2.24) is 5.32 Å². The minimum atomic E-state index is -0.342. The molecule has 2 aromatic rings. The van der Waals surface area contributed by atoms with Crippen LogP contribution in [0.4, 0.5) is 5.69 Å². The molecular weight excluding hydrogens is 352 g/mol. The molecule has 1 heterocycles. The summed E-state index contributed by atoms with van der Waals surface area (Å²) in [7, 11) is 1.66. The van der Waals surface area contributed by atoms with Crippen molar-refractivity contribution in [2.24, 2.45) is 5.92 Å². The van der Waals surface area contributed by atoms with Gasteiger partial charge in [-0.25, -0.2) is 0 Å². The number of rotatable bonds is 6. The van der Waals surface area contributed by atoms with Crippen LogP contribution in [0.5, 0.6) is 0 Å². The molecule has 2 aromatic carbocycles. The summed E-state index contributed by atoms with van der Waals surface area (Å²) >= 11 is 5.89. The van der Waals surface area contributed by atoms with Crippen molar-refractivity contribution < 1.29 is 14.3 Å². The molecule has 26 heavy (non-hydrogen) atoms. The molecule has 3 rings (SSSR count). The number of halogens is 1. The van der Waals surface area contributed by atoms with Gasteiger partial charge in [0.2, 0.25) is 11.8 Å². The molecule has 0 radical (unpaired) electrons. The highest BCUT2D eigenvalue weighted by molar-refractivity contribution is 6.30. The summed E-state index contributed by atoms with van der Waals surface area (Å²) in [6, 6.07) is 15.0. The van der Waals surface area contributed by atoms with E-state index < -0.39 is 0 Å². The molecule has 1 unspecified atom stereocenters. The Hall–Kier alpha value is -2.37. The van der Waals surface area contributed by atoms with Crippen LogP contribution in [0.15, 0.2) is 48.5 Å². The van der Waals surface area contributed by atoms with Gasteiger partial charge in [-0.1, -0.05) is 35.9 Å². The SMILES string of the molecule is COCc1ccc(CNC(=O)C2CC(=O)N(c3ccc(Cl)cc3)C2)cc1. The van der Waals surface area contributed by atoms with Crippen molar-refractivity contribution in [3.63, 3.8) is 0 Å². The zero-order chi connectivity index (χ0) is 18.5. The van der Waals surface area contributed by atoms with E-state index in [-0.39, 0.29) is 24.2 Å². The number of amides is 2. The summed E-state index contributed by atoms with van der Waals surface area (Å²) in [6.07, 6.45) is 0.223. The molecule has 1 fully saturated rings. The topological polar surface area (TPSA) is 58.6 Å². The second-order valence-electron chi connectivity index (χ2n) is 6.35. The predicted molar refractivity (Wildman–Crippen MR) is 101 cm³/mol. The van der Waals surface area contributed by atoms with E-state index in [4.69, 9.17) is 16.3 Å². The lowest BCUT2D eigenvalue weighted by molar-refractivity contribution is -0.126. The van der Waals surface area contributed by atoms with E-state index in [1.807, 2.05) is 24.3 Å². The average Bonchev–Trinajstić information content (AvgIpc) is 3.04. The lowest BCUT2D eigenvalue weighted by Crippen LogP contribution is -2.32. The number of hydrogen-bond donors (Lipinski definition) is 1. The molecule has 0 aromatic heterocycles. The van der Waals surface area contributed by atoms with Crippen LogP contribution in [0.1, 0.15) is 17.5 Å². The number of nitrogens with one attached hydrogen (secondary N) is 1. The van der Waals surface area contributed by atoms with Crippen molar-refractivity contribution in [2.45, 2.75) is 19.6 Å². The molecular formula is C20H21ClN2O3. The summed E-state index contributed by atoms with van der Waals surface area (Å²) in [5.41, 5.74) is 2.86. The van der Waals surface area contributed by atoms with Gasteiger partial charge in [0.05, 0.1) is 12.5 Å². The molecule has 6 heteroatoms. The lowest BCUT2D eigenvalue weighted by atomic mass is 10.1. The first-order chi connectivity index (χ1) is 12.6. The van der Waals surface area contributed by atoms with Crippen LogP contribution in [-0.4, -0.2) is 25.5 Å². The Kier molecular flexibility index (Phi) is 5.91. The first-order valence-corrected chi connectivity index (χ1v) is 8.85. The number of methoxy groups -OCH3 is 1. The standard InChI is InChI=1S/C20H21ClN2O3/c1-26-13-15-4-2-14(3-5-15)11-22-20(25)16-10-19(24)23(12-16)18-8-6-17(21)7-9-18/h2-9,16H,10-13H2,1H3,(H,22,25). The minimum absolute atomic E-state index is 0.0450. The summed E-state index contributed by atoms with van der Waals surface area (Å²) in [5, 5.41) is 3.54. The fourth-order valence-electron chi connectivity index (χ4n) is 3.01. The molecule has 5 nitrogen and oxygen atoms in total. The molecule has 0 bridgehead atoms. The zero-order valence-electron chi connectivity index (χ0n) is 14.6. The first-order valence-electron chi connectivity index (χ1n) is 8.47. The van der Waals surface area contributed by atoms with E-state index in [0.29, 0.717) is 24.7 Å². The highest BCUT2D eigenvalue weighted by Crippen LogP contribution is 2.26. The molecule has 2 amide bonds. The Balaban J connectivity index is 1.55. The van der Waals surface area contributed by atoms with Gasteiger partial charge in [-0.2, -0.15) is 0 Å². The van der Waals surface area contributed by atoms with Gasteiger partial charge in [0.15, 0.2) is 0 Å². The lowest BCUT2D eigenvalue weighted by Gasteiger charge is -2.16. The van der Waals surface area contributed by atoms with Gasteiger partial charge < -0.3 is 15.0 Å². The monoisotopic (exact) mass is 372 g/mol. The van der Waals surface area contributed by atoms with E-state index in [9.17, 15) is 9.59 Å². The van der Waals surface area contributed by atoms with Crippen molar-refractivity contribution in [1.29, 1.82) is 0 Å². The highest BCUT2D eigenvalue weighted by atomic mass is 35.5. The van der Waals surface area contributed by atoms with Gasteiger partial charge in [0.1, 0.15) is 0 Å². The van der Waals surface area contributed by atoms with Crippen LogP contribution < -0.4 is 10.2 Å². The molecule has 0 saturated carbocycles. The molecule has 0 aliphatic carbocycles. The Morgan fingerprint density at radius 3 is 2.46 bits per heavy atom. The van der Waals surface area contributed by atoms with E-state index in [0.717, 1.165) is 16.8 Å². The summed E-state index contributed by atoms with van der Waals surface area (Å²) in [4.78, 5) is 26.3. The quantitative estimate of drug-likeness (QED) is 0.847. The van der Waals surface area contributed by atoms with E-state index >= 15 is 0 Å². The molecule has 0 spiro atoms. The minimum Gasteiger partial charge on any atom is -0.380 e. The molecule has 1 aliphatic rings. The molecule has 136 valence electrons. The molecule has 1 saturated heterocycles. The number of carbonyl (C=O) groups is 2. The third-order valence-corrected chi connectivity index (χ3v) is 4.69. The van der Waals surface area contributed by atoms with E-state index in [2.05, 4.69) is 5.32 Å². The second-order valence-corrected chi connectivity index (χ2v) is 6.79. The van der Waals surface area contributed by atoms with Crippen molar-refractivity contribution >= 4 is 29.1 Å². The van der Waals surface area contributed by atoms with E-state index in [1.165, 1.54) is 0 Å². The average molecular weight is 373 g/mol. The number of anilines is 1. The maximum atomic E-state index is 12.4. The maximum Gasteiger partial charge on any atom is 0.227 e. The third-order valence-electron chi connectivity index (χ3n) is 4.43. The molecule has 1 atom stereocenters. The van der Waals surface area contributed by atoms with Crippen LogP contribution in [-0.2, 0) is 27.5 Å². The number of ether oxygens (including phenoxy) is 1. The van der Waals surface area contributed by atoms with Gasteiger partial charge in [0.25, 0.3) is 0 Å². The van der Waals surface area contributed by atoms with E-state index in [1.54, 1.807) is 36.3 Å². The van der Waals surface area contributed by atoms with Crippen molar-refractivity contribution in [3.8, 4) is 0 Å². The Bertz CT molecular complexity index is 775. The van der Waals surface area contributed by atoms with Crippen LogP contribution in [0.2, 0.25) is 5.02 Å².